The van der Waals surface area contributed by atoms with Gasteiger partial charge in [0.15, 0.2) is 5.78 Å². The molecule has 0 saturated carbocycles. The molecule has 0 aromatic carbocycles. The average Bonchev–Trinajstić information content (AvgIpc) is 2.45. The zero-order valence-electron chi connectivity index (χ0n) is 8.95. The number of aliphatic hydroxyl groups is 1. The summed E-state index contributed by atoms with van der Waals surface area (Å²) in [5, 5.41) is 8.93. The molecule has 4 nitrogen and oxygen atoms in total. The van der Waals surface area contributed by atoms with Gasteiger partial charge in [0.1, 0.15) is 0 Å². The van der Waals surface area contributed by atoms with Gasteiger partial charge in [-0.25, -0.2) is 0 Å². The molecule has 0 radical (unpaired) electrons. The van der Waals surface area contributed by atoms with E-state index in [-0.39, 0.29) is 24.7 Å². The second-order valence-electron chi connectivity index (χ2n) is 3.80. The van der Waals surface area contributed by atoms with E-state index in [1.165, 1.54) is 0 Å². The molecule has 1 aliphatic rings. The third-order valence-electron chi connectivity index (χ3n) is 2.47. The molecule has 1 N–H and O–H groups in total. The molecule has 1 rings (SSSR count). The van der Waals surface area contributed by atoms with Crippen LogP contribution in [0.4, 0.5) is 0 Å². The molecule has 0 aliphatic carbocycles. The number of ether oxygens (including phenoxy) is 2. The maximum atomic E-state index is 11.7. The predicted octanol–water partition coefficient (Wildman–Crippen LogP) is 0.726. The molecular weight excluding hydrogens is 184 g/mol. The Labute approximate surface area is 84.2 Å². The molecule has 0 amide bonds. The van der Waals surface area contributed by atoms with Gasteiger partial charge in [0.25, 0.3) is 0 Å². The van der Waals surface area contributed by atoms with Crippen molar-refractivity contribution in [2.75, 3.05) is 13.2 Å². The van der Waals surface area contributed by atoms with Crippen molar-refractivity contribution in [3.63, 3.8) is 0 Å². The maximum absolute atomic E-state index is 11.7. The van der Waals surface area contributed by atoms with Crippen molar-refractivity contribution in [1.29, 1.82) is 0 Å². The highest BCUT2D eigenvalue weighted by Crippen LogP contribution is 2.34. The van der Waals surface area contributed by atoms with E-state index in [9.17, 15) is 4.79 Å². The lowest BCUT2D eigenvalue weighted by atomic mass is 9.98. The van der Waals surface area contributed by atoms with E-state index in [1.807, 2.05) is 20.8 Å². The zero-order valence-corrected chi connectivity index (χ0v) is 8.95. The standard InChI is InChI=1S/C10H18O4/c1-4-13-10(7(2)3)9(12)5-8(6-11)14-10/h7-8,11H,4-6H2,1-3H3. The largest absolute Gasteiger partial charge is 0.394 e. The second-order valence-corrected chi connectivity index (χ2v) is 3.80. The number of aliphatic hydroxyl groups excluding tert-OH is 1. The van der Waals surface area contributed by atoms with Crippen LogP contribution in [0.2, 0.25) is 0 Å². The first kappa shape index (κ1) is 11.6. The quantitative estimate of drug-likeness (QED) is 0.730. The predicted molar refractivity (Wildman–Crippen MR) is 50.8 cm³/mol. The number of hydrogen-bond donors (Lipinski definition) is 1. The van der Waals surface area contributed by atoms with Crippen molar-refractivity contribution in [3.8, 4) is 0 Å². The van der Waals surface area contributed by atoms with Gasteiger partial charge in [0.2, 0.25) is 5.79 Å². The van der Waals surface area contributed by atoms with Gasteiger partial charge in [-0.15, -0.1) is 0 Å². The third-order valence-corrected chi connectivity index (χ3v) is 2.47. The van der Waals surface area contributed by atoms with Crippen LogP contribution in [0.5, 0.6) is 0 Å². The van der Waals surface area contributed by atoms with Crippen molar-refractivity contribution in [2.24, 2.45) is 5.92 Å². The molecule has 0 aromatic rings. The van der Waals surface area contributed by atoms with Gasteiger partial charge in [-0.3, -0.25) is 4.79 Å². The minimum absolute atomic E-state index is 0.0356. The number of carbonyl (C=O) groups is 1. The molecule has 82 valence electrons. The van der Waals surface area contributed by atoms with Crippen LogP contribution in [-0.4, -0.2) is 36.0 Å². The molecule has 1 heterocycles. The fourth-order valence-corrected chi connectivity index (χ4v) is 1.76. The number of hydrogen-bond acceptors (Lipinski definition) is 4. The van der Waals surface area contributed by atoms with Crippen LogP contribution in [0, 0.1) is 5.92 Å². The summed E-state index contributed by atoms with van der Waals surface area (Å²) < 4.78 is 10.9. The number of ketones is 1. The van der Waals surface area contributed by atoms with Crippen LogP contribution in [0.3, 0.4) is 0 Å². The summed E-state index contributed by atoms with van der Waals surface area (Å²) in [6.45, 7) is 5.89. The summed E-state index contributed by atoms with van der Waals surface area (Å²) in [5.41, 5.74) is 0. The first-order valence-corrected chi connectivity index (χ1v) is 5.02. The molecule has 0 bridgehead atoms. The van der Waals surface area contributed by atoms with E-state index < -0.39 is 11.9 Å². The SMILES string of the molecule is CCOC1(C(C)C)OC(CO)CC1=O. The van der Waals surface area contributed by atoms with Gasteiger partial charge in [-0.2, -0.15) is 0 Å². The fourth-order valence-electron chi connectivity index (χ4n) is 1.76. The minimum atomic E-state index is -1.12. The van der Waals surface area contributed by atoms with E-state index in [0.717, 1.165) is 0 Å². The Morgan fingerprint density at radius 2 is 2.36 bits per heavy atom. The van der Waals surface area contributed by atoms with Crippen LogP contribution in [0.1, 0.15) is 27.2 Å². The summed E-state index contributed by atoms with van der Waals surface area (Å²) in [6.07, 6.45) is -0.161. The Balaban J connectivity index is 2.82. The van der Waals surface area contributed by atoms with Gasteiger partial charge >= 0.3 is 0 Å². The van der Waals surface area contributed by atoms with Crippen molar-refractivity contribution < 1.29 is 19.4 Å². The van der Waals surface area contributed by atoms with Crippen molar-refractivity contribution >= 4 is 5.78 Å². The Morgan fingerprint density at radius 3 is 2.71 bits per heavy atom. The lowest BCUT2D eigenvalue weighted by molar-refractivity contribution is -0.241. The molecule has 1 saturated heterocycles. The van der Waals surface area contributed by atoms with Crippen molar-refractivity contribution in [3.05, 3.63) is 0 Å². The summed E-state index contributed by atoms with van der Waals surface area (Å²) in [7, 11) is 0. The maximum Gasteiger partial charge on any atom is 0.231 e. The van der Waals surface area contributed by atoms with E-state index in [4.69, 9.17) is 14.6 Å². The van der Waals surface area contributed by atoms with Crippen LogP contribution < -0.4 is 0 Å². The topological polar surface area (TPSA) is 55.8 Å². The molecule has 1 aliphatic heterocycles. The van der Waals surface area contributed by atoms with E-state index in [2.05, 4.69) is 0 Å². The fraction of sp³-hybridized carbons (Fsp3) is 0.900. The van der Waals surface area contributed by atoms with E-state index in [0.29, 0.717) is 6.61 Å². The first-order chi connectivity index (χ1) is 6.56. The summed E-state index contributed by atoms with van der Waals surface area (Å²) in [4.78, 5) is 11.7. The summed E-state index contributed by atoms with van der Waals surface area (Å²) in [6, 6.07) is 0. The van der Waals surface area contributed by atoms with Gasteiger partial charge in [-0.05, 0) is 6.92 Å². The highest BCUT2D eigenvalue weighted by Gasteiger charge is 2.51. The van der Waals surface area contributed by atoms with Crippen molar-refractivity contribution in [2.45, 2.75) is 39.1 Å². The Morgan fingerprint density at radius 1 is 1.71 bits per heavy atom. The van der Waals surface area contributed by atoms with Crippen molar-refractivity contribution in [1.82, 2.24) is 0 Å². The lowest BCUT2D eigenvalue weighted by Crippen LogP contribution is -2.44. The number of carbonyl (C=O) groups excluding carboxylic acids is 1. The molecule has 1 fully saturated rings. The first-order valence-electron chi connectivity index (χ1n) is 5.02. The van der Waals surface area contributed by atoms with Gasteiger partial charge in [0.05, 0.1) is 12.7 Å². The van der Waals surface area contributed by atoms with Gasteiger partial charge in [-0.1, -0.05) is 13.8 Å². The normalized spacial score (nSPS) is 32.9. The highest BCUT2D eigenvalue weighted by atomic mass is 16.7. The number of Topliss-reactive ketones (excluding diaryl/α,β-unsaturated/α-hetero) is 1. The van der Waals surface area contributed by atoms with Gasteiger partial charge < -0.3 is 14.6 Å². The second kappa shape index (κ2) is 4.38. The molecule has 0 aromatic heterocycles. The van der Waals surface area contributed by atoms with Crippen LogP contribution in [0.25, 0.3) is 0 Å². The van der Waals surface area contributed by atoms with Crippen LogP contribution in [-0.2, 0) is 14.3 Å². The smallest absolute Gasteiger partial charge is 0.231 e. The molecule has 14 heavy (non-hydrogen) atoms. The Hall–Kier alpha value is -0.450. The molecule has 2 unspecified atom stereocenters. The molecular formula is C10H18O4. The average molecular weight is 202 g/mol. The molecule has 2 atom stereocenters. The Kier molecular flexibility index (Phi) is 3.64. The highest BCUT2D eigenvalue weighted by molar-refractivity contribution is 5.88. The third kappa shape index (κ3) is 1.82. The van der Waals surface area contributed by atoms with Crippen LogP contribution >= 0.6 is 0 Å². The molecule has 4 heteroatoms. The zero-order chi connectivity index (χ0) is 10.8. The van der Waals surface area contributed by atoms with E-state index >= 15 is 0 Å². The minimum Gasteiger partial charge on any atom is -0.394 e. The number of rotatable bonds is 4. The lowest BCUT2D eigenvalue weighted by Gasteiger charge is -2.31. The molecule has 0 spiro atoms. The van der Waals surface area contributed by atoms with E-state index in [1.54, 1.807) is 0 Å². The monoisotopic (exact) mass is 202 g/mol. The summed E-state index contributed by atoms with van der Waals surface area (Å²) in [5.74, 6) is -1.22. The van der Waals surface area contributed by atoms with Gasteiger partial charge in [0, 0.05) is 18.9 Å². The summed E-state index contributed by atoms with van der Waals surface area (Å²) >= 11 is 0. The van der Waals surface area contributed by atoms with Crippen LogP contribution in [0.15, 0.2) is 0 Å². The Bertz CT molecular complexity index is 214.